The van der Waals surface area contributed by atoms with Gasteiger partial charge in [-0.25, -0.2) is 24.7 Å². The van der Waals surface area contributed by atoms with E-state index in [1.165, 1.54) is 28.2 Å². The molecule has 2 atom stereocenters. The molecule has 19 heteroatoms. The maximum Gasteiger partial charge on any atom is 0.355 e. The van der Waals surface area contributed by atoms with Gasteiger partial charge in [-0.2, -0.15) is 0 Å². The number of amides is 1. The lowest BCUT2D eigenvalue weighted by molar-refractivity contribution is 0.0690. The lowest BCUT2D eigenvalue weighted by Gasteiger charge is -2.29. The Kier molecular flexibility index (Phi) is 15.8. The highest BCUT2D eigenvalue weighted by atomic mass is 32.1. The molecule has 17 nitrogen and oxygen atoms in total. The Morgan fingerprint density at radius 1 is 0.667 bits per heavy atom. The smallest absolute Gasteiger partial charge is 0.355 e. The van der Waals surface area contributed by atoms with Crippen molar-refractivity contribution in [1.29, 1.82) is 0 Å². The monoisotopic (exact) mass is 942 g/mol. The van der Waals surface area contributed by atoms with E-state index >= 15 is 0 Å². The molecule has 66 heavy (non-hydrogen) atoms. The zero-order valence-electron chi connectivity index (χ0n) is 37.7. The summed E-state index contributed by atoms with van der Waals surface area (Å²) in [6.45, 7) is 15.2. The van der Waals surface area contributed by atoms with Gasteiger partial charge in [-0.3, -0.25) is 4.79 Å². The number of fused-ring (bicyclic) bond motifs is 2. The molecule has 6 N–H and O–H groups in total. The van der Waals surface area contributed by atoms with Crippen LogP contribution in [-0.4, -0.2) is 133 Å². The minimum absolute atomic E-state index is 0. The second-order valence-electron chi connectivity index (χ2n) is 18.1. The summed E-state index contributed by atoms with van der Waals surface area (Å²) in [5, 5.41) is 35.9. The second kappa shape index (κ2) is 21.5. The van der Waals surface area contributed by atoms with E-state index in [4.69, 9.17) is 20.8 Å². The number of carboxylic acids is 1. The van der Waals surface area contributed by atoms with Crippen molar-refractivity contribution >= 4 is 67.5 Å². The lowest BCUT2D eigenvalue weighted by Crippen LogP contribution is -2.38. The first-order valence-electron chi connectivity index (χ1n) is 22.8. The Morgan fingerprint density at radius 3 is 1.58 bits per heavy atom. The van der Waals surface area contributed by atoms with Crippen LogP contribution in [-0.2, 0) is 0 Å². The molecule has 356 valence electrons. The van der Waals surface area contributed by atoms with Gasteiger partial charge in [-0.05, 0) is 74.6 Å². The van der Waals surface area contributed by atoms with Gasteiger partial charge in [-0.1, -0.05) is 35.1 Å². The van der Waals surface area contributed by atoms with Crippen LogP contribution < -0.4 is 30.7 Å². The standard InChI is InChI=1S/C23H30N6O2S.C14H20N4.C9H12N2O3S.CH4/c1-15(2)18-13-28-8-3-4-20(28)21(25-18)29-9-5-16(12-29)24-22(31)19-14-32-23(26-19)27-10-6-17(30)7-11-27;1-10(2)12-9-17-6-3-4-13(17)14(16-12)18-7-5-11(15)8-18;12-6-1-3-11(4-2-6)9-10-7(5-15-9)8(13)14;/h3-4,8,13-17,30H,5-7,9-12H2,1-2H3,(H,24,31);3-4,6,9-11H,5,7-8,15H2,1-2H3;5-6,12H,1-4H2,(H,13,14);1H4/t16-;11-;;/m00../s1. The predicted molar refractivity (Wildman–Crippen MR) is 264 cm³/mol. The number of aliphatic hydroxyl groups is 2. The number of rotatable bonds is 9. The van der Waals surface area contributed by atoms with Crippen LogP contribution in [0.2, 0.25) is 0 Å². The fourth-order valence-corrected chi connectivity index (χ4v) is 10.3. The Bertz CT molecular complexity index is 2540. The highest BCUT2D eigenvalue weighted by Crippen LogP contribution is 2.30. The first kappa shape index (κ1) is 48.6. The molecule has 4 aliphatic rings. The van der Waals surface area contributed by atoms with E-state index in [1.54, 1.807) is 5.38 Å². The average Bonchev–Trinajstić information content (AvgIpc) is 4.16. The number of anilines is 4. The van der Waals surface area contributed by atoms with Crippen LogP contribution in [0.4, 0.5) is 21.9 Å². The van der Waals surface area contributed by atoms with Crippen LogP contribution in [0.3, 0.4) is 0 Å². The fraction of sp³-hybridized carbons (Fsp3) is 0.532. The van der Waals surface area contributed by atoms with Crippen LogP contribution >= 0.6 is 22.7 Å². The Hall–Kier alpha value is -5.34. The van der Waals surface area contributed by atoms with Crippen LogP contribution in [0.15, 0.2) is 59.8 Å². The van der Waals surface area contributed by atoms with Gasteiger partial charge < -0.3 is 54.8 Å². The molecule has 0 aromatic carbocycles. The summed E-state index contributed by atoms with van der Waals surface area (Å²) in [4.78, 5) is 50.6. The highest BCUT2D eigenvalue weighted by molar-refractivity contribution is 7.14. The molecule has 4 fully saturated rings. The summed E-state index contributed by atoms with van der Waals surface area (Å²) in [6.07, 6.45) is 12.8. The Labute approximate surface area is 394 Å². The quantitative estimate of drug-likeness (QED) is 0.108. The minimum Gasteiger partial charge on any atom is -0.476 e. The number of nitrogens with one attached hydrogen (secondary N) is 1. The molecule has 0 saturated carbocycles. The van der Waals surface area contributed by atoms with Crippen molar-refractivity contribution in [3.63, 3.8) is 0 Å². The number of nitrogens with two attached hydrogens (primary N) is 1. The minimum atomic E-state index is -0.991. The first-order chi connectivity index (χ1) is 31.3. The fourth-order valence-electron chi connectivity index (χ4n) is 8.56. The number of piperidine rings is 2. The molecule has 4 saturated heterocycles. The Morgan fingerprint density at radius 2 is 1.12 bits per heavy atom. The number of carbonyl (C=O) groups excluding carboxylic acids is 1. The lowest BCUT2D eigenvalue weighted by atomic mass is 10.1. The summed E-state index contributed by atoms with van der Waals surface area (Å²) in [7, 11) is 0. The number of aromatic nitrogens is 6. The predicted octanol–water partition coefficient (Wildman–Crippen LogP) is 6.32. The van der Waals surface area contributed by atoms with E-state index < -0.39 is 5.97 Å². The highest BCUT2D eigenvalue weighted by Gasteiger charge is 2.29. The number of carboxylic acid groups (broad SMARTS) is 1. The van der Waals surface area contributed by atoms with Gasteiger partial charge in [0.1, 0.15) is 5.69 Å². The number of hydrogen-bond donors (Lipinski definition) is 5. The van der Waals surface area contributed by atoms with E-state index in [1.807, 2.05) is 16.3 Å². The van der Waals surface area contributed by atoms with Crippen LogP contribution in [0.1, 0.15) is 118 Å². The number of hydrogen-bond acceptors (Lipinski definition) is 15. The number of aromatic carboxylic acids is 1. The van der Waals surface area contributed by atoms with Gasteiger partial charge in [-0.15, -0.1) is 22.7 Å². The van der Waals surface area contributed by atoms with Crippen molar-refractivity contribution in [3.05, 3.63) is 82.6 Å². The van der Waals surface area contributed by atoms with Crippen LogP contribution in [0, 0.1) is 0 Å². The van der Waals surface area contributed by atoms with Crippen molar-refractivity contribution in [3.8, 4) is 0 Å². The van der Waals surface area contributed by atoms with E-state index in [9.17, 15) is 19.8 Å². The largest absolute Gasteiger partial charge is 0.476 e. The van der Waals surface area contributed by atoms with Gasteiger partial charge in [0.25, 0.3) is 5.91 Å². The van der Waals surface area contributed by atoms with Crippen molar-refractivity contribution in [2.45, 2.75) is 110 Å². The Balaban J connectivity index is 0.000000161. The van der Waals surface area contributed by atoms with E-state index in [0.717, 1.165) is 130 Å². The third-order valence-corrected chi connectivity index (χ3v) is 14.3. The third-order valence-electron chi connectivity index (χ3n) is 12.5. The first-order valence-corrected chi connectivity index (χ1v) is 24.6. The number of aliphatic hydroxyl groups excluding tert-OH is 2. The zero-order valence-corrected chi connectivity index (χ0v) is 39.3. The van der Waals surface area contributed by atoms with Gasteiger partial charge in [0.15, 0.2) is 27.6 Å². The number of thiazole rings is 2. The molecule has 10 heterocycles. The maximum atomic E-state index is 12.8. The van der Waals surface area contributed by atoms with Crippen molar-refractivity contribution in [2.24, 2.45) is 5.73 Å². The SMILES string of the molecule is C.CC(C)c1cn2cccc2c(N2CC[C@H](N)C2)n1.CC(C)c1cn2cccc2c(N2CC[C@H](NC(=O)c3csc(N4CCC(O)CC4)n3)C2)n1.O=C(O)c1csc(N2CCC(O)CC2)n1. The molecule has 4 aliphatic heterocycles. The topological polar surface area (TPSA) is 206 Å². The van der Waals surface area contributed by atoms with E-state index in [-0.39, 0.29) is 43.3 Å². The normalized spacial score (nSPS) is 19.3. The molecule has 0 radical (unpaired) electrons. The average molecular weight is 943 g/mol. The maximum absolute atomic E-state index is 12.8. The summed E-state index contributed by atoms with van der Waals surface area (Å²) < 4.78 is 4.31. The molecule has 1 amide bonds. The van der Waals surface area contributed by atoms with Crippen molar-refractivity contribution in [2.75, 3.05) is 72.0 Å². The van der Waals surface area contributed by atoms with Gasteiger partial charge in [0, 0.05) is 100.0 Å². The van der Waals surface area contributed by atoms with E-state index in [0.29, 0.717) is 17.5 Å². The molecule has 6 aromatic rings. The molecular formula is C47H66N12O5S2. The van der Waals surface area contributed by atoms with Gasteiger partial charge in [0.05, 0.1) is 34.6 Å². The molecule has 0 spiro atoms. The van der Waals surface area contributed by atoms with Gasteiger partial charge in [0.2, 0.25) is 0 Å². The van der Waals surface area contributed by atoms with Crippen molar-refractivity contribution in [1.82, 2.24) is 34.1 Å². The molecular weight excluding hydrogens is 877 g/mol. The number of carbonyl (C=O) groups is 2. The summed E-state index contributed by atoms with van der Waals surface area (Å²) in [5.74, 6) is 1.75. The number of nitrogens with zero attached hydrogens (tertiary/aromatic N) is 10. The summed E-state index contributed by atoms with van der Waals surface area (Å²) >= 11 is 2.83. The van der Waals surface area contributed by atoms with Crippen LogP contribution in [0.5, 0.6) is 0 Å². The van der Waals surface area contributed by atoms with Crippen LogP contribution in [0.25, 0.3) is 11.0 Å². The summed E-state index contributed by atoms with van der Waals surface area (Å²) in [5.41, 5.74) is 11.0. The van der Waals surface area contributed by atoms with Crippen molar-refractivity contribution < 1.29 is 24.9 Å². The molecule has 0 unspecified atom stereocenters. The molecule has 10 rings (SSSR count). The van der Waals surface area contributed by atoms with E-state index in [2.05, 4.69) is 109 Å². The second-order valence-corrected chi connectivity index (χ2v) is 19.7. The van der Waals surface area contributed by atoms with Gasteiger partial charge >= 0.3 is 5.97 Å². The zero-order chi connectivity index (χ0) is 45.8. The molecule has 0 bridgehead atoms. The molecule has 0 aliphatic carbocycles. The molecule has 6 aromatic heterocycles. The third kappa shape index (κ3) is 11.4. The summed E-state index contributed by atoms with van der Waals surface area (Å²) in [6, 6.07) is 8.68.